The summed E-state index contributed by atoms with van der Waals surface area (Å²) in [5.74, 6) is 0.960. The number of anilines is 1. The first-order valence-electron chi connectivity index (χ1n) is 10.0. The van der Waals surface area contributed by atoms with E-state index in [1.807, 2.05) is 13.8 Å². The number of fused-ring (bicyclic) bond motifs is 1. The Labute approximate surface area is 186 Å². The Morgan fingerprint density at radius 2 is 1.66 bits per heavy atom. The van der Waals surface area contributed by atoms with Gasteiger partial charge in [0.25, 0.3) is 10.0 Å². The lowest BCUT2D eigenvalue weighted by molar-refractivity contribution is -0.118. The standard InChI is InChI=1S/C23H22N4O4S/c1-15(2)21(26-22-19-5-3-4-6-20(19)32(29,30)27-22)23(28)25-16-7-9-17(10-8-16)31-18-11-13-24-14-12-18/h3-15,21H,1-2H3,(H,25,28)(H,26,27)/t21-/m0/s1. The van der Waals surface area contributed by atoms with Gasteiger partial charge in [0.05, 0.1) is 4.90 Å². The first kappa shape index (κ1) is 21.5. The van der Waals surface area contributed by atoms with E-state index in [-0.39, 0.29) is 22.6 Å². The van der Waals surface area contributed by atoms with Crippen molar-refractivity contribution in [2.75, 3.05) is 5.32 Å². The van der Waals surface area contributed by atoms with E-state index in [4.69, 9.17) is 4.74 Å². The highest BCUT2D eigenvalue weighted by molar-refractivity contribution is 7.90. The zero-order chi connectivity index (χ0) is 22.7. The van der Waals surface area contributed by atoms with E-state index in [1.54, 1.807) is 67.0 Å². The summed E-state index contributed by atoms with van der Waals surface area (Å²) < 4.78 is 32.8. The van der Waals surface area contributed by atoms with Crippen LogP contribution in [0, 0.1) is 5.92 Å². The Bertz CT molecular complexity index is 1260. The van der Waals surface area contributed by atoms with Crippen LogP contribution in [0.5, 0.6) is 11.5 Å². The maximum absolute atomic E-state index is 13.0. The molecule has 1 aliphatic heterocycles. The fraction of sp³-hybridized carbons (Fsp3) is 0.174. The molecule has 2 N–H and O–H groups in total. The van der Waals surface area contributed by atoms with Crippen molar-refractivity contribution in [3.8, 4) is 11.5 Å². The second kappa shape index (κ2) is 8.80. The lowest BCUT2D eigenvalue weighted by Gasteiger charge is -2.17. The second-order valence-corrected chi connectivity index (χ2v) is 9.22. The van der Waals surface area contributed by atoms with E-state index in [0.717, 1.165) is 0 Å². The predicted octanol–water partition coefficient (Wildman–Crippen LogP) is 3.58. The Hall–Kier alpha value is -3.72. The first-order chi connectivity index (χ1) is 15.3. The Morgan fingerprint density at radius 3 is 2.34 bits per heavy atom. The fourth-order valence-electron chi connectivity index (χ4n) is 3.24. The van der Waals surface area contributed by atoms with Gasteiger partial charge in [-0.3, -0.25) is 19.5 Å². The van der Waals surface area contributed by atoms with Gasteiger partial charge < -0.3 is 10.1 Å². The molecule has 0 aliphatic carbocycles. The van der Waals surface area contributed by atoms with E-state index in [1.165, 1.54) is 6.07 Å². The maximum Gasteiger partial charge on any atom is 0.263 e. The van der Waals surface area contributed by atoms with Crippen LogP contribution >= 0.6 is 0 Å². The number of aromatic nitrogens is 1. The van der Waals surface area contributed by atoms with Crippen molar-refractivity contribution in [3.63, 3.8) is 0 Å². The molecule has 32 heavy (non-hydrogen) atoms. The van der Waals surface area contributed by atoms with Crippen LogP contribution in [-0.4, -0.2) is 31.2 Å². The minimum atomic E-state index is -3.67. The van der Waals surface area contributed by atoms with Crippen LogP contribution in [-0.2, 0) is 14.8 Å². The van der Waals surface area contributed by atoms with E-state index in [2.05, 4.69) is 20.0 Å². The summed E-state index contributed by atoms with van der Waals surface area (Å²) in [5, 5.41) is 2.84. The molecular formula is C23H22N4O4S. The molecule has 0 bridgehead atoms. The molecule has 9 heteroatoms. The van der Waals surface area contributed by atoms with E-state index >= 15 is 0 Å². The fourth-order valence-corrected chi connectivity index (χ4v) is 4.48. The van der Waals surface area contributed by atoms with Crippen molar-refractivity contribution in [3.05, 3.63) is 78.6 Å². The van der Waals surface area contributed by atoms with Gasteiger partial charge in [-0.05, 0) is 54.4 Å². The quantitative estimate of drug-likeness (QED) is 0.597. The van der Waals surface area contributed by atoms with Crippen LogP contribution in [0.15, 0.2) is 82.9 Å². The van der Waals surface area contributed by atoms with E-state index in [9.17, 15) is 13.2 Å². The number of carbonyl (C=O) groups is 1. The van der Waals surface area contributed by atoms with Gasteiger partial charge in [0.1, 0.15) is 23.4 Å². The summed E-state index contributed by atoms with van der Waals surface area (Å²) >= 11 is 0. The minimum absolute atomic E-state index is 0.158. The van der Waals surface area contributed by atoms with Crippen molar-refractivity contribution < 1.29 is 17.9 Å². The van der Waals surface area contributed by atoms with Crippen molar-refractivity contribution in [1.29, 1.82) is 0 Å². The number of nitrogens with zero attached hydrogens (tertiary/aromatic N) is 2. The number of hydrogen-bond acceptors (Lipinski definition) is 6. The molecule has 1 aromatic heterocycles. The van der Waals surface area contributed by atoms with Gasteiger partial charge in [-0.1, -0.05) is 26.0 Å². The topological polar surface area (TPSA) is 110 Å². The molecule has 0 spiro atoms. The number of carbonyl (C=O) groups excluding carboxylic acids is 1. The third kappa shape index (κ3) is 4.62. The van der Waals surface area contributed by atoms with Crippen molar-refractivity contribution in [2.24, 2.45) is 10.9 Å². The van der Waals surface area contributed by atoms with Gasteiger partial charge in [-0.25, -0.2) is 8.42 Å². The molecule has 1 amide bonds. The Morgan fingerprint density at radius 1 is 1.00 bits per heavy atom. The van der Waals surface area contributed by atoms with Gasteiger partial charge in [-0.2, -0.15) is 0 Å². The average Bonchev–Trinajstić information content (AvgIpc) is 3.04. The largest absolute Gasteiger partial charge is 0.457 e. The number of ether oxygens (including phenoxy) is 1. The number of amides is 1. The average molecular weight is 451 g/mol. The van der Waals surface area contributed by atoms with Crippen LogP contribution < -0.4 is 14.8 Å². The van der Waals surface area contributed by atoms with Crippen LogP contribution in [0.25, 0.3) is 0 Å². The predicted molar refractivity (Wildman–Crippen MR) is 121 cm³/mol. The van der Waals surface area contributed by atoms with Gasteiger partial charge in [0.15, 0.2) is 0 Å². The highest BCUT2D eigenvalue weighted by Gasteiger charge is 2.32. The molecule has 0 saturated heterocycles. The van der Waals surface area contributed by atoms with E-state index in [0.29, 0.717) is 22.7 Å². The van der Waals surface area contributed by atoms with Gasteiger partial charge in [-0.15, -0.1) is 0 Å². The van der Waals surface area contributed by atoms with Crippen molar-refractivity contribution >= 4 is 27.5 Å². The maximum atomic E-state index is 13.0. The Kier molecular flexibility index (Phi) is 5.91. The summed E-state index contributed by atoms with van der Waals surface area (Å²) in [4.78, 5) is 21.5. The number of pyridine rings is 1. The van der Waals surface area contributed by atoms with Crippen LogP contribution in [0.2, 0.25) is 0 Å². The first-order valence-corrected chi connectivity index (χ1v) is 11.5. The number of aliphatic imine (C=N–C) groups is 1. The number of sulfonamides is 1. The zero-order valence-corrected chi connectivity index (χ0v) is 18.3. The van der Waals surface area contributed by atoms with Crippen LogP contribution in [0.4, 0.5) is 5.69 Å². The second-order valence-electron chi connectivity index (χ2n) is 7.57. The molecule has 164 valence electrons. The number of hydrogen-bond donors (Lipinski definition) is 2. The highest BCUT2D eigenvalue weighted by Crippen LogP contribution is 2.25. The molecule has 2 heterocycles. The normalized spacial score (nSPS) is 16.3. The van der Waals surface area contributed by atoms with E-state index < -0.39 is 16.1 Å². The van der Waals surface area contributed by atoms with Gasteiger partial charge >= 0.3 is 0 Å². The summed E-state index contributed by atoms with van der Waals surface area (Å²) in [7, 11) is -3.67. The Balaban J connectivity index is 1.51. The smallest absolute Gasteiger partial charge is 0.263 e. The SMILES string of the molecule is CC(C)[C@H](N=C1NS(=O)(=O)c2ccccc21)C(=O)Nc1ccc(Oc2ccncc2)cc1. The third-order valence-corrected chi connectivity index (χ3v) is 6.24. The monoisotopic (exact) mass is 450 g/mol. The number of benzene rings is 2. The minimum Gasteiger partial charge on any atom is -0.457 e. The molecule has 2 aromatic carbocycles. The highest BCUT2D eigenvalue weighted by atomic mass is 32.2. The van der Waals surface area contributed by atoms with Gasteiger partial charge in [0, 0.05) is 23.6 Å². The van der Waals surface area contributed by atoms with Crippen molar-refractivity contribution in [2.45, 2.75) is 24.8 Å². The summed E-state index contributed by atoms with van der Waals surface area (Å²) in [6, 6.07) is 16.2. The lowest BCUT2D eigenvalue weighted by Crippen LogP contribution is -2.34. The molecular weight excluding hydrogens is 428 g/mol. The number of amidine groups is 1. The summed E-state index contributed by atoms with van der Waals surface area (Å²) in [6.45, 7) is 3.71. The molecule has 0 saturated carbocycles. The lowest BCUT2D eigenvalue weighted by atomic mass is 10.0. The molecule has 0 unspecified atom stereocenters. The molecule has 1 aliphatic rings. The molecule has 1 atom stereocenters. The number of nitrogens with one attached hydrogen (secondary N) is 2. The van der Waals surface area contributed by atoms with Crippen molar-refractivity contribution in [1.82, 2.24) is 9.71 Å². The molecule has 4 rings (SSSR count). The molecule has 0 radical (unpaired) electrons. The molecule has 8 nitrogen and oxygen atoms in total. The van der Waals surface area contributed by atoms with Crippen LogP contribution in [0.3, 0.4) is 0 Å². The summed E-state index contributed by atoms with van der Waals surface area (Å²) in [5.41, 5.74) is 1.04. The number of rotatable bonds is 6. The third-order valence-electron chi connectivity index (χ3n) is 4.84. The zero-order valence-electron chi connectivity index (χ0n) is 17.5. The van der Waals surface area contributed by atoms with Gasteiger partial charge in [0.2, 0.25) is 5.91 Å². The molecule has 0 fully saturated rings. The van der Waals surface area contributed by atoms with Crippen LogP contribution in [0.1, 0.15) is 19.4 Å². The molecule has 3 aromatic rings. The summed E-state index contributed by atoms with van der Waals surface area (Å²) in [6.07, 6.45) is 3.28.